The maximum absolute atomic E-state index is 13.2. The fourth-order valence-corrected chi connectivity index (χ4v) is 3.28. The van der Waals surface area contributed by atoms with E-state index in [1.54, 1.807) is 0 Å². The fraction of sp³-hybridized carbons (Fsp3) is 0.118. The first-order valence-electron chi connectivity index (χ1n) is 7.36. The van der Waals surface area contributed by atoms with Crippen LogP contribution in [0.4, 0.5) is 8.78 Å². The largest absolute Gasteiger partial charge is 0.395 e. The zero-order valence-electron chi connectivity index (χ0n) is 12.9. The predicted molar refractivity (Wildman–Crippen MR) is 88.5 cm³/mol. The third kappa shape index (κ3) is 3.59. The molecular weight excluding hydrogens is 350 g/mol. The summed E-state index contributed by atoms with van der Waals surface area (Å²) >= 11 is 0. The van der Waals surface area contributed by atoms with Crippen LogP contribution in [0.1, 0.15) is 0 Å². The van der Waals surface area contributed by atoms with Crippen molar-refractivity contribution in [2.24, 2.45) is 0 Å². The highest BCUT2D eigenvalue weighted by Crippen LogP contribution is 2.31. The van der Waals surface area contributed by atoms with Gasteiger partial charge in [0.1, 0.15) is 11.6 Å². The highest BCUT2D eigenvalue weighted by molar-refractivity contribution is 7.91. The molecule has 0 fully saturated rings. The Hall–Kier alpha value is -2.58. The topological polar surface area (TPSA) is 83.1 Å². The van der Waals surface area contributed by atoms with Crippen LogP contribution in [0.5, 0.6) is 0 Å². The number of nitrogens with zero attached hydrogens (tertiary/aromatic N) is 1. The molecule has 0 atom stereocenters. The van der Waals surface area contributed by atoms with Crippen LogP contribution in [0.2, 0.25) is 0 Å². The lowest BCUT2D eigenvalue weighted by Crippen LogP contribution is -2.11. The molecule has 2 N–H and O–H groups in total. The summed E-state index contributed by atoms with van der Waals surface area (Å²) in [5, 5.41) is 8.62. The zero-order chi connectivity index (χ0) is 18.0. The molecule has 0 saturated carbocycles. The summed E-state index contributed by atoms with van der Waals surface area (Å²) in [6, 6.07) is 10.9. The molecule has 3 rings (SSSR count). The van der Waals surface area contributed by atoms with Crippen molar-refractivity contribution in [1.29, 1.82) is 0 Å². The van der Waals surface area contributed by atoms with E-state index in [9.17, 15) is 17.2 Å². The minimum atomic E-state index is -3.81. The Morgan fingerprint density at radius 1 is 0.920 bits per heavy atom. The van der Waals surface area contributed by atoms with Gasteiger partial charge in [-0.15, -0.1) is 0 Å². The second-order valence-electron chi connectivity index (χ2n) is 5.32. The Balaban J connectivity index is 2.19. The zero-order valence-corrected chi connectivity index (χ0v) is 13.7. The molecule has 8 heteroatoms. The van der Waals surface area contributed by atoms with Gasteiger partial charge in [0.15, 0.2) is 0 Å². The van der Waals surface area contributed by atoms with E-state index in [1.165, 1.54) is 48.5 Å². The summed E-state index contributed by atoms with van der Waals surface area (Å²) in [6.07, 6.45) is 0. The van der Waals surface area contributed by atoms with E-state index in [0.717, 1.165) is 0 Å². The van der Waals surface area contributed by atoms with Crippen molar-refractivity contribution in [3.63, 3.8) is 0 Å². The number of imidazole rings is 1. The highest BCUT2D eigenvalue weighted by Gasteiger charge is 2.23. The van der Waals surface area contributed by atoms with Crippen LogP contribution in [0, 0.1) is 11.6 Å². The summed E-state index contributed by atoms with van der Waals surface area (Å²) in [4.78, 5) is 6.86. The van der Waals surface area contributed by atoms with E-state index in [4.69, 9.17) is 5.11 Å². The van der Waals surface area contributed by atoms with Crippen LogP contribution in [-0.2, 0) is 9.84 Å². The van der Waals surface area contributed by atoms with Crippen LogP contribution in [0.3, 0.4) is 0 Å². The lowest BCUT2D eigenvalue weighted by molar-refractivity contribution is 0.319. The average Bonchev–Trinajstić information content (AvgIpc) is 3.02. The Bertz CT molecular complexity index is 919. The van der Waals surface area contributed by atoms with Gasteiger partial charge in [0, 0.05) is 11.1 Å². The molecule has 25 heavy (non-hydrogen) atoms. The van der Waals surface area contributed by atoms with Gasteiger partial charge >= 0.3 is 0 Å². The molecule has 0 aliphatic carbocycles. The van der Waals surface area contributed by atoms with Crippen LogP contribution in [-0.4, -0.2) is 35.9 Å². The van der Waals surface area contributed by atoms with Crippen LogP contribution in [0.25, 0.3) is 22.5 Å². The summed E-state index contributed by atoms with van der Waals surface area (Å²) in [7, 11) is -3.81. The molecule has 2 aromatic carbocycles. The SMILES string of the molecule is O=S(=O)(CCO)c1nc(-c2ccc(F)cc2)c(-c2ccc(F)cc2)[nH]1. The molecule has 3 aromatic rings. The Morgan fingerprint density at radius 3 is 1.96 bits per heavy atom. The number of aliphatic hydroxyl groups excluding tert-OH is 1. The van der Waals surface area contributed by atoms with Gasteiger partial charge in [-0.3, -0.25) is 0 Å². The van der Waals surface area contributed by atoms with Gasteiger partial charge in [-0.2, -0.15) is 0 Å². The molecule has 0 amide bonds. The number of nitrogens with one attached hydrogen (secondary N) is 1. The van der Waals surface area contributed by atoms with Crippen molar-refractivity contribution >= 4 is 9.84 Å². The predicted octanol–water partition coefficient (Wildman–Crippen LogP) is 2.79. The number of rotatable bonds is 5. The number of aromatic amines is 1. The number of sulfone groups is 1. The van der Waals surface area contributed by atoms with Gasteiger partial charge in [-0.25, -0.2) is 22.2 Å². The Morgan fingerprint density at radius 2 is 1.44 bits per heavy atom. The Kier molecular flexibility index (Phi) is 4.65. The monoisotopic (exact) mass is 364 g/mol. The quantitative estimate of drug-likeness (QED) is 0.729. The smallest absolute Gasteiger partial charge is 0.226 e. The molecule has 1 heterocycles. The van der Waals surface area contributed by atoms with Gasteiger partial charge in [-0.05, 0) is 48.5 Å². The molecule has 5 nitrogen and oxygen atoms in total. The van der Waals surface area contributed by atoms with Crippen LogP contribution < -0.4 is 0 Å². The second kappa shape index (κ2) is 6.73. The number of aromatic nitrogens is 2. The molecule has 130 valence electrons. The first-order chi connectivity index (χ1) is 11.9. The van der Waals surface area contributed by atoms with Gasteiger partial charge in [0.2, 0.25) is 15.0 Å². The molecule has 1 aromatic heterocycles. The summed E-state index contributed by atoms with van der Waals surface area (Å²) in [6.45, 7) is -0.541. The molecule has 0 bridgehead atoms. The molecule has 0 radical (unpaired) electrons. The molecular formula is C17H14F2N2O3S. The van der Waals surface area contributed by atoms with Crippen molar-refractivity contribution in [1.82, 2.24) is 9.97 Å². The number of benzene rings is 2. The van der Waals surface area contributed by atoms with E-state index < -0.39 is 33.8 Å². The van der Waals surface area contributed by atoms with E-state index in [2.05, 4.69) is 9.97 Å². The summed E-state index contributed by atoms with van der Waals surface area (Å²) in [5.74, 6) is -1.35. The van der Waals surface area contributed by atoms with E-state index in [1.807, 2.05) is 0 Å². The average molecular weight is 364 g/mol. The van der Waals surface area contributed by atoms with Gasteiger partial charge < -0.3 is 10.1 Å². The van der Waals surface area contributed by atoms with Gasteiger partial charge in [0.25, 0.3) is 0 Å². The van der Waals surface area contributed by atoms with Crippen molar-refractivity contribution in [3.8, 4) is 22.5 Å². The Labute approximate surface area is 142 Å². The number of H-pyrrole nitrogens is 1. The maximum Gasteiger partial charge on any atom is 0.226 e. The summed E-state index contributed by atoms with van der Waals surface area (Å²) < 4.78 is 50.7. The highest BCUT2D eigenvalue weighted by atomic mass is 32.2. The number of hydrogen-bond acceptors (Lipinski definition) is 4. The number of aliphatic hydroxyl groups is 1. The van der Waals surface area contributed by atoms with Crippen molar-refractivity contribution in [3.05, 3.63) is 60.2 Å². The maximum atomic E-state index is 13.2. The first kappa shape index (κ1) is 17.2. The minimum absolute atomic E-state index is 0.295. The lowest BCUT2D eigenvalue weighted by atomic mass is 10.1. The van der Waals surface area contributed by atoms with Crippen molar-refractivity contribution in [2.45, 2.75) is 5.16 Å². The van der Waals surface area contributed by atoms with E-state index >= 15 is 0 Å². The lowest BCUT2D eigenvalue weighted by Gasteiger charge is -2.03. The van der Waals surface area contributed by atoms with Crippen molar-refractivity contribution < 1.29 is 22.3 Å². The number of hydrogen-bond donors (Lipinski definition) is 2. The fourth-order valence-electron chi connectivity index (χ4n) is 2.36. The van der Waals surface area contributed by atoms with Crippen LogP contribution >= 0.6 is 0 Å². The van der Waals surface area contributed by atoms with E-state index in [0.29, 0.717) is 22.5 Å². The third-order valence-electron chi connectivity index (χ3n) is 3.59. The molecule has 0 spiro atoms. The van der Waals surface area contributed by atoms with Crippen molar-refractivity contribution in [2.75, 3.05) is 12.4 Å². The third-order valence-corrected chi connectivity index (χ3v) is 5.09. The molecule has 0 saturated heterocycles. The molecule has 0 aliphatic rings. The molecule has 0 unspecified atom stereocenters. The van der Waals surface area contributed by atoms with E-state index in [-0.39, 0.29) is 5.16 Å². The summed E-state index contributed by atoms with van der Waals surface area (Å²) in [5.41, 5.74) is 1.69. The number of halogens is 2. The normalized spacial score (nSPS) is 11.6. The minimum Gasteiger partial charge on any atom is -0.395 e. The second-order valence-corrected chi connectivity index (χ2v) is 7.35. The standard InChI is InChI=1S/C17H14F2N2O3S/c18-13-5-1-11(2-6-13)15-16(12-3-7-14(19)8-4-12)21-17(20-15)25(23,24)10-9-22/h1-8,22H,9-10H2,(H,20,21). The van der Waals surface area contributed by atoms with Crippen LogP contribution in [0.15, 0.2) is 53.7 Å². The first-order valence-corrected chi connectivity index (χ1v) is 9.01. The van der Waals surface area contributed by atoms with Gasteiger partial charge in [-0.1, -0.05) is 0 Å². The van der Waals surface area contributed by atoms with Gasteiger partial charge in [0.05, 0.1) is 23.7 Å². The molecule has 0 aliphatic heterocycles.